The number of fused-ring (bicyclic) bond motifs is 1. The molecule has 0 bridgehead atoms. The third-order valence-electron chi connectivity index (χ3n) is 6.75. The third kappa shape index (κ3) is 4.70. The minimum Gasteiger partial charge on any atom is -0.379 e. The van der Waals surface area contributed by atoms with Crippen molar-refractivity contribution in [3.8, 4) is 0 Å². The standard InChI is InChI=1S/C22H34N4O4/c27-20(23-10-5-11-24-12-14-30-15-13-24)16-25-19-9-4-8-18(19)21(28)26(22(25)29)17-6-2-1-3-7-17/h17H,1-16H2,(H,23,27). The fraction of sp³-hybridized carbons (Fsp3) is 0.773. The zero-order chi connectivity index (χ0) is 20.9. The summed E-state index contributed by atoms with van der Waals surface area (Å²) in [5.74, 6) is -0.151. The molecule has 1 aromatic heterocycles. The number of nitrogens with one attached hydrogen (secondary N) is 1. The molecule has 1 N–H and O–H groups in total. The van der Waals surface area contributed by atoms with E-state index in [1.54, 1.807) is 4.57 Å². The van der Waals surface area contributed by atoms with Gasteiger partial charge in [0.1, 0.15) is 6.54 Å². The van der Waals surface area contributed by atoms with E-state index in [-0.39, 0.29) is 29.7 Å². The van der Waals surface area contributed by atoms with Gasteiger partial charge in [-0.3, -0.25) is 23.6 Å². The third-order valence-corrected chi connectivity index (χ3v) is 6.75. The first-order chi connectivity index (χ1) is 14.6. The Bertz CT molecular complexity index is 863. The van der Waals surface area contributed by atoms with Crippen molar-refractivity contribution in [2.75, 3.05) is 39.4 Å². The first-order valence-corrected chi connectivity index (χ1v) is 11.6. The van der Waals surface area contributed by atoms with Crippen molar-refractivity contribution in [2.24, 2.45) is 0 Å². The van der Waals surface area contributed by atoms with Crippen LogP contribution in [0.4, 0.5) is 0 Å². The van der Waals surface area contributed by atoms with Crippen molar-refractivity contribution in [3.63, 3.8) is 0 Å². The van der Waals surface area contributed by atoms with Gasteiger partial charge in [-0.25, -0.2) is 4.79 Å². The highest BCUT2D eigenvalue weighted by molar-refractivity contribution is 5.75. The number of hydrogen-bond acceptors (Lipinski definition) is 5. The predicted octanol–water partition coefficient (Wildman–Crippen LogP) is 0.842. The Hall–Kier alpha value is -1.93. The molecule has 2 heterocycles. The summed E-state index contributed by atoms with van der Waals surface area (Å²) in [6.07, 6.45) is 8.19. The fourth-order valence-corrected chi connectivity index (χ4v) is 5.11. The predicted molar refractivity (Wildman–Crippen MR) is 114 cm³/mol. The highest BCUT2D eigenvalue weighted by Gasteiger charge is 2.27. The summed E-state index contributed by atoms with van der Waals surface area (Å²) >= 11 is 0. The summed E-state index contributed by atoms with van der Waals surface area (Å²) in [5, 5.41) is 2.96. The first kappa shape index (κ1) is 21.3. The Kier molecular flexibility index (Phi) is 7.04. The number of aromatic nitrogens is 2. The number of carbonyl (C=O) groups excluding carboxylic acids is 1. The molecule has 1 saturated heterocycles. The van der Waals surface area contributed by atoms with E-state index >= 15 is 0 Å². The summed E-state index contributed by atoms with van der Waals surface area (Å²) in [5.41, 5.74) is 1.12. The zero-order valence-electron chi connectivity index (χ0n) is 17.9. The molecule has 0 unspecified atom stereocenters. The van der Waals surface area contributed by atoms with E-state index in [1.165, 1.54) is 4.57 Å². The molecule has 8 nitrogen and oxygen atoms in total. The van der Waals surface area contributed by atoms with Gasteiger partial charge in [0.2, 0.25) is 5.91 Å². The molecule has 8 heteroatoms. The van der Waals surface area contributed by atoms with Crippen LogP contribution in [0.15, 0.2) is 9.59 Å². The maximum absolute atomic E-state index is 13.2. The number of morpholine rings is 1. The molecule has 1 saturated carbocycles. The molecule has 4 rings (SSSR count). The van der Waals surface area contributed by atoms with Crippen LogP contribution in [-0.2, 0) is 28.9 Å². The van der Waals surface area contributed by atoms with Crippen LogP contribution in [0.1, 0.15) is 62.2 Å². The molecule has 2 aliphatic carbocycles. The van der Waals surface area contributed by atoms with Gasteiger partial charge in [0.25, 0.3) is 5.56 Å². The van der Waals surface area contributed by atoms with E-state index < -0.39 is 0 Å². The molecule has 1 aliphatic heterocycles. The molecule has 1 aromatic rings. The second-order valence-electron chi connectivity index (χ2n) is 8.77. The molecule has 30 heavy (non-hydrogen) atoms. The Morgan fingerprint density at radius 2 is 1.80 bits per heavy atom. The normalized spacial score (nSPS) is 20.3. The summed E-state index contributed by atoms with van der Waals surface area (Å²) in [6, 6.07) is -0.0208. The Morgan fingerprint density at radius 3 is 2.57 bits per heavy atom. The largest absolute Gasteiger partial charge is 0.379 e. The lowest BCUT2D eigenvalue weighted by molar-refractivity contribution is -0.121. The lowest BCUT2D eigenvalue weighted by Gasteiger charge is -2.26. The summed E-state index contributed by atoms with van der Waals surface area (Å²) in [7, 11) is 0. The van der Waals surface area contributed by atoms with Gasteiger partial charge in [0.05, 0.1) is 13.2 Å². The number of rotatable bonds is 7. The van der Waals surface area contributed by atoms with E-state index in [0.29, 0.717) is 19.4 Å². The van der Waals surface area contributed by atoms with E-state index in [1.807, 2.05) is 0 Å². The van der Waals surface area contributed by atoms with Gasteiger partial charge in [-0.1, -0.05) is 19.3 Å². The maximum atomic E-state index is 13.2. The van der Waals surface area contributed by atoms with Crippen LogP contribution in [0.5, 0.6) is 0 Å². The Balaban J connectivity index is 1.42. The van der Waals surface area contributed by atoms with Crippen LogP contribution in [0.25, 0.3) is 0 Å². The van der Waals surface area contributed by atoms with Crippen LogP contribution in [0.2, 0.25) is 0 Å². The molecule has 2 fully saturated rings. The SMILES string of the molecule is O=C(Cn1c2c(c(=O)n(C3CCCCC3)c1=O)CCC2)NCCCN1CCOCC1. The lowest BCUT2D eigenvalue weighted by atomic mass is 9.95. The molecule has 1 amide bonds. The van der Waals surface area contributed by atoms with Crippen molar-refractivity contribution in [1.29, 1.82) is 0 Å². The molecule has 0 aromatic carbocycles. The van der Waals surface area contributed by atoms with E-state index in [2.05, 4.69) is 10.2 Å². The zero-order valence-corrected chi connectivity index (χ0v) is 17.9. The number of nitrogens with zero attached hydrogens (tertiary/aromatic N) is 3. The van der Waals surface area contributed by atoms with E-state index in [9.17, 15) is 14.4 Å². The van der Waals surface area contributed by atoms with Crippen molar-refractivity contribution < 1.29 is 9.53 Å². The number of amides is 1. The summed E-state index contributed by atoms with van der Waals surface area (Å²) in [4.78, 5) is 41.2. The van der Waals surface area contributed by atoms with E-state index in [4.69, 9.17) is 4.74 Å². The topological polar surface area (TPSA) is 85.6 Å². The van der Waals surface area contributed by atoms with Crippen molar-refractivity contribution >= 4 is 5.91 Å². The highest BCUT2D eigenvalue weighted by Crippen LogP contribution is 2.27. The summed E-state index contributed by atoms with van der Waals surface area (Å²) in [6.45, 7) is 4.97. The van der Waals surface area contributed by atoms with Gasteiger partial charge < -0.3 is 10.1 Å². The van der Waals surface area contributed by atoms with Gasteiger partial charge in [-0.2, -0.15) is 0 Å². The van der Waals surface area contributed by atoms with Gasteiger partial charge in [-0.05, 0) is 45.1 Å². The highest BCUT2D eigenvalue weighted by atomic mass is 16.5. The quantitative estimate of drug-likeness (QED) is 0.664. The first-order valence-electron chi connectivity index (χ1n) is 11.6. The fourth-order valence-electron chi connectivity index (χ4n) is 5.11. The number of carbonyl (C=O) groups is 1. The summed E-state index contributed by atoms with van der Waals surface area (Å²) < 4.78 is 8.40. The molecule has 0 spiro atoms. The minimum absolute atomic E-state index is 0.00568. The number of ether oxygens (including phenoxy) is 1. The molecule has 166 valence electrons. The second-order valence-corrected chi connectivity index (χ2v) is 8.77. The van der Waals surface area contributed by atoms with Crippen molar-refractivity contribution in [2.45, 2.75) is 70.4 Å². The van der Waals surface area contributed by atoms with Crippen molar-refractivity contribution in [1.82, 2.24) is 19.4 Å². The monoisotopic (exact) mass is 418 g/mol. The van der Waals surface area contributed by atoms with Crippen LogP contribution < -0.4 is 16.6 Å². The molecule has 3 aliphatic rings. The molecular formula is C22H34N4O4. The van der Waals surface area contributed by atoms with Gasteiger partial charge in [0.15, 0.2) is 0 Å². The van der Waals surface area contributed by atoms with Gasteiger partial charge >= 0.3 is 5.69 Å². The number of hydrogen-bond donors (Lipinski definition) is 1. The van der Waals surface area contributed by atoms with E-state index in [0.717, 1.165) is 89.1 Å². The smallest absolute Gasteiger partial charge is 0.331 e. The van der Waals surface area contributed by atoms with Crippen LogP contribution in [0, 0.1) is 0 Å². The van der Waals surface area contributed by atoms with Gasteiger partial charge in [-0.15, -0.1) is 0 Å². The average Bonchev–Trinajstić information content (AvgIpc) is 3.26. The minimum atomic E-state index is -0.295. The lowest BCUT2D eigenvalue weighted by Crippen LogP contribution is -2.47. The molecular weight excluding hydrogens is 384 g/mol. The van der Waals surface area contributed by atoms with Gasteiger partial charge in [0, 0.05) is 36.9 Å². The molecule has 0 radical (unpaired) electrons. The Morgan fingerprint density at radius 1 is 1.03 bits per heavy atom. The van der Waals surface area contributed by atoms with Crippen LogP contribution in [-0.4, -0.2) is 59.3 Å². The van der Waals surface area contributed by atoms with Crippen molar-refractivity contribution in [3.05, 3.63) is 32.1 Å². The maximum Gasteiger partial charge on any atom is 0.331 e. The van der Waals surface area contributed by atoms with Crippen LogP contribution >= 0.6 is 0 Å². The molecule has 0 atom stereocenters. The average molecular weight is 419 g/mol. The Labute approximate surface area is 177 Å². The second kappa shape index (κ2) is 9.92. The van der Waals surface area contributed by atoms with Crippen LogP contribution in [0.3, 0.4) is 0 Å².